The molecule has 0 bridgehead atoms. The number of carbonyl (C=O) groups is 2. The summed E-state index contributed by atoms with van der Waals surface area (Å²) in [5, 5.41) is 3.71. The normalized spacial score (nSPS) is 21.5. The van der Waals surface area contributed by atoms with Gasteiger partial charge in [-0.2, -0.15) is 0 Å². The molecule has 3 rings (SSSR count). The van der Waals surface area contributed by atoms with Gasteiger partial charge in [0.15, 0.2) is 0 Å². The van der Waals surface area contributed by atoms with E-state index in [2.05, 4.69) is 5.32 Å². The molecule has 26 heavy (non-hydrogen) atoms. The lowest BCUT2D eigenvalue weighted by Gasteiger charge is -2.28. The number of allylic oxidation sites excluding steroid dienone is 1. The van der Waals surface area contributed by atoms with Crippen molar-refractivity contribution in [3.63, 3.8) is 0 Å². The fourth-order valence-corrected chi connectivity index (χ4v) is 4.39. The Hall–Kier alpha value is -1.52. The maximum atomic E-state index is 12.8. The van der Waals surface area contributed by atoms with Crippen molar-refractivity contribution in [2.24, 2.45) is 5.92 Å². The fourth-order valence-electron chi connectivity index (χ4n) is 3.85. The molecule has 1 atom stereocenters. The van der Waals surface area contributed by atoms with Gasteiger partial charge in [0, 0.05) is 28.1 Å². The molecule has 140 valence electrons. The highest BCUT2D eigenvalue weighted by Crippen LogP contribution is 2.38. The molecule has 1 saturated carbocycles. The van der Waals surface area contributed by atoms with Gasteiger partial charge in [0.05, 0.1) is 12.2 Å². The molecule has 1 amide bonds. The van der Waals surface area contributed by atoms with Crippen LogP contribution in [-0.2, 0) is 14.3 Å². The van der Waals surface area contributed by atoms with Crippen LogP contribution >= 0.6 is 23.2 Å². The van der Waals surface area contributed by atoms with Crippen LogP contribution in [0.3, 0.4) is 0 Å². The van der Waals surface area contributed by atoms with Gasteiger partial charge in [0.1, 0.15) is 0 Å². The molecule has 2 aliphatic rings. The summed E-state index contributed by atoms with van der Waals surface area (Å²) in [5.41, 5.74) is 1.73. The molecule has 1 aliphatic heterocycles. The van der Waals surface area contributed by atoms with Crippen molar-refractivity contribution < 1.29 is 14.3 Å². The van der Waals surface area contributed by atoms with Gasteiger partial charge in [-0.1, -0.05) is 48.5 Å². The van der Waals surface area contributed by atoms with Crippen molar-refractivity contribution in [2.45, 2.75) is 51.4 Å². The molecule has 1 aromatic carbocycles. The van der Waals surface area contributed by atoms with E-state index in [1.807, 2.05) is 0 Å². The van der Waals surface area contributed by atoms with E-state index in [4.69, 9.17) is 27.9 Å². The standard InChI is InChI=1S/C20H23Cl2NO3/c1-12-19(20(25)26-11-13-5-3-2-4-6-13)16(10-18(24)23-12)15-8-7-14(21)9-17(15)22/h7-9,13,16H,2-6,10-11H2,1H3,(H,23,24). The molecule has 0 spiro atoms. The minimum absolute atomic E-state index is 0.137. The van der Waals surface area contributed by atoms with Gasteiger partial charge in [-0.25, -0.2) is 4.79 Å². The molecular weight excluding hydrogens is 373 g/mol. The number of amides is 1. The number of hydrogen-bond donors (Lipinski definition) is 1. The van der Waals surface area contributed by atoms with Crippen LogP contribution in [0.4, 0.5) is 0 Å². The van der Waals surface area contributed by atoms with E-state index in [9.17, 15) is 9.59 Å². The molecule has 4 nitrogen and oxygen atoms in total. The second kappa shape index (κ2) is 8.45. The highest BCUT2D eigenvalue weighted by molar-refractivity contribution is 6.35. The maximum absolute atomic E-state index is 12.8. The summed E-state index contributed by atoms with van der Waals surface area (Å²) in [7, 11) is 0. The first-order valence-corrected chi connectivity index (χ1v) is 9.84. The predicted molar refractivity (Wildman–Crippen MR) is 102 cm³/mol. The van der Waals surface area contributed by atoms with Crippen molar-refractivity contribution in [1.29, 1.82) is 0 Å². The second-order valence-electron chi connectivity index (χ2n) is 7.11. The molecule has 1 fully saturated rings. The summed E-state index contributed by atoms with van der Waals surface area (Å²) >= 11 is 12.3. The predicted octanol–water partition coefficient (Wildman–Crippen LogP) is 4.99. The van der Waals surface area contributed by atoms with Crippen LogP contribution in [-0.4, -0.2) is 18.5 Å². The number of esters is 1. The van der Waals surface area contributed by atoms with E-state index in [0.29, 0.717) is 33.8 Å². The number of benzene rings is 1. The van der Waals surface area contributed by atoms with Gasteiger partial charge >= 0.3 is 5.97 Å². The maximum Gasteiger partial charge on any atom is 0.336 e. The van der Waals surface area contributed by atoms with Crippen LogP contribution in [0.2, 0.25) is 10.0 Å². The van der Waals surface area contributed by atoms with Crippen molar-refractivity contribution in [3.05, 3.63) is 45.1 Å². The quantitative estimate of drug-likeness (QED) is 0.730. The van der Waals surface area contributed by atoms with Crippen molar-refractivity contribution in [1.82, 2.24) is 5.32 Å². The van der Waals surface area contributed by atoms with Crippen molar-refractivity contribution in [2.75, 3.05) is 6.61 Å². The Kier molecular flexibility index (Phi) is 6.25. The number of carbonyl (C=O) groups excluding carboxylic acids is 2. The van der Waals surface area contributed by atoms with E-state index < -0.39 is 5.92 Å². The van der Waals surface area contributed by atoms with Crippen molar-refractivity contribution >= 4 is 35.1 Å². The molecule has 1 heterocycles. The van der Waals surface area contributed by atoms with E-state index in [0.717, 1.165) is 18.4 Å². The summed E-state index contributed by atoms with van der Waals surface area (Å²) in [5.74, 6) is -0.497. The number of rotatable bonds is 4. The third kappa shape index (κ3) is 4.41. The Bertz CT molecular complexity index is 739. The van der Waals surface area contributed by atoms with Crippen LogP contribution < -0.4 is 5.32 Å². The highest BCUT2D eigenvalue weighted by Gasteiger charge is 2.34. The zero-order valence-corrected chi connectivity index (χ0v) is 16.3. The number of ether oxygens (including phenoxy) is 1. The Labute approximate surface area is 163 Å². The number of halogens is 2. The first kappa shape index (κ1) is 19.2. The molecule has 6 heteroatoms. The molecule has 0 aromatic heterocycles. The molecule has 1 N–H and O–H groups in total. The summed E-state index contributed by atoms with van der Waals surface area (Å²) in [6.45, 7) is 2.16. The molecule has 1 unspecified atom stereocenters. The monoisotopic (exact) mass is 395 g/mol. The summed E-state index contributed by atoms with van der Waals surface area (Å²) < 4.78 is 5.62. The van der Waals surface area contributed by atoms with Gasteiger partial charge < -0.3 is 10.1 Å². The smallest absolute Gasteiger partial charge is 0.336 e. The minimum atomic E-state index is -0.424. The van der Waals surface area contributed by atoms with E-state index in [1.165, 1.54) is 19.3 Å². The lowest BCUT2D eigenvalue weighted by Crippen LogP contribution is -2.34. The van der Waals surface area contributed by atoms with Crippen molar-refractivity contribution in [3.8, 4) is 0 Å². The zero-order chi connectivity index (χ0) is 18.7. The van der Waals surface area contributed by atoms with E-state index in [1.54, 1.807) is 25.1 Å². The molecule has 1 aliphatic carbocycles. The highest BCUT2D eigenvalue weighted by atomic mass is 35.5. The van der Waals surface area contributed by atoms with E-state index >= 15 is 0 Å². The molecule has 1 aromatic rings. The lowest BCUT2D eigenvalue weighted by atomic mass is 9.84. The van der Waals surface area contributed by atoms with Gasteiger partial charge in [-0.15, -0.1) is 0 Å². The van der Waals surface area contributed by atoms with Crippen LogP contribution in [0.5, 0.6) is 0 Å². The topological polar surface area (TPSA) is 55.4 Å². The second-order valence-corrected chi connectivity index (χ2v) is 7.96. The van der Waals surface area contributed by atoms with Crippen LogP contribution in [0.1, 0.15) is 56.9 Å². The molecule has 0 radical (unpaired) electrons. The fraction of sp³-hybridized carbons (Fsp3) is 0.500. The van der Waals surface area contributed by atoms with Crippen LogP contribution in [0, 0.1) is 5.92 Å². The summed E-state index contributed by atoms with van der Waals surface area (Å²) in [4.78, 5) is 24.9. The number of hydrogen-bond acceptors (Lipinski definition) is 3. The Morgan fingerprint density at radius 2 is 1.96 bits per heavy atom. The molecule has 0 saturated heterocycles. The zero-order valence-electron chi connectivity index (χ0n) is 14.8. The molecular formula is C20H23Cl2NO3. The largest absolute Gasteiger partial charge is 0.462 e. The van der Waals surface area contributed by atoms with Gasteiger partial charge in [0.25, 0.3) is 0 Å². The third-order valence-electron chi connectivity index (χ3n) is 5.20. The summed E-state index contributed by atoms with van der Waals surface area (Å²) in [6.07, 6.45) is 6.03. The Morgan fingerprint density at radius 1 is 1.23 bits per heavy atom. The van der Waals surface area contributed by atoms with Gasteiger partial charge in [-0.3, -0.25) is 4.79 Å². The lowest BCUT2D eigenvalue weighted by molar-refractivity contribution is -0.141. The van der Waals surface area contributed by atoms with Crippen LogP contribution in [0.25, 0.3) is 0 Å². The third-order valence-corrected chi connectivity index (χ3v) is 5.76. The van der Waals surface area contributed by atoms with Gasteiger partial charge in [-0.05, 0) is 43.4 Å². The Morgan fingerprint density at radius 3 is 2.65 bits per heavy atom. The summed E-state index contributed by atoms with van der Waals surface area (Å²) in [6, 6.07) is 5.12. The SMILES string of the molecule is CC1=C(C(=O)OCC2CCCCC2)C(c2ccc(Cl)cc2Cl)CC(=O)N1. The first-order chi connectivity index (χ1) is 12.5. The minimum Gasteiger partial charge on any atom is -0.462 e. The van der Waals surface area contributed by atoms with Crippen LogP contribution in [0.15, 0.2) is 29.5 Å². The van der Waals surface area contributed by atoms with Gasteiger partial charge in [0.2, 0.25) is 5.91 Å². The number of nitrogens with one attached hydrogen (secondary N) is 1. The Balaban J connectivity index is 1.81. The average Bonchev–Trinajstić information content (AvgIpc) is 2.60. The van der Waals surface area contributed by atoms with E-state index in [-0.39, 0.29) is 18.3 Å². The first-order valence-electron chi connectivity index (χ1n) is 9.08. The average molecular weight is 396 g/mol.